The van der Waals surface area contributed by atoms with Gasteiger partial charge in [-0.05, 0) is 38.3 Å². The third-order valence-corrected chi connectivity index (χ3v) is 3.99. The second-order valence-corrected chi connectivity index (χ2v) is 5.43. The van der Waals surface area contributed by atoms with E-state index in [0.29, 0.717) is 11.6 Å². The van der Waals surface area contributed by atoms with Crippen LogP contribution < -0.4 is 0 Å². The van der Waals surface area contributed by atoms with Gasteiger partial charge in [0, 0.05) is 12.6 Å². The summed E-state index contributed by atoms with van der Waals surface area (Å²) in [6.07, 6.45) is 5.52. The van der Waals surface area contributed by atoms with E-state index in [9.17, 15) is 9.90 Å². The Hall–Kier alpha value is -1.51. The molecule has 1 aromatic carbocycles. The van der Waals surface area contributed by atoms with E-state index in [2.05, 4.69) is 6.92 Å². The Kier molecular flexibility index (Phi) is 4.46. The number of hydrogen-bond donors (Lipinski definition) is 1. The summed E-state index contributed by atoms with van der Waals surface area (Å²) in [5.74, 6) is 0.0738. The van der Waals surface area contributed by atoms with Crippen molar-refractivity contribution >= 4 is 5.91 Å². The highest BCUT2D eigenvalue weighted by atomic mass is 16.3. The van der Waals surface area contributed by atoms with Crippen LogP contribution in [0.3, 0.4) is 0 Å². The lowest BCUT2D eigenvalue weighted by Crippen LogP contribution is -2.39. The number of amides is 1. The molecule has 1 aliphatic heterocycles. The number of likely N-dealkylation sites (tertiary alicyclic amines) is 1. The maximum absolute atomic E-state index is 12.7. The molecular formula is C16H23NO2. The minimum atomic E-state index is -0.0186. The summed E-state index contributed by atoms with van der Waals surface area (Å²) in [5.41, 5.74) is 1.45. The monoisotopic (exact) mass is 261 g/mol. The quantitative estimate of drug-likeness (QED) is 0.885. The predicted octanol–water partition coefficient (Wildman–Crippen LogP) is 3.50. The lowest BCUT2D eigenvalue weighted by molar-refractivity contribution is 0.0675. The van der Waals surface area contributed by atoms with Crippen LogP contribution in [0.1, 0.15) is 54.9 Å². The molecule has 0 radical (unpaired) electrons. The zero-order chi connectivity index (χ0) is 13.8. The number of carbonyl (C=O) groups is 1. The average molecular weight is 261 g/mol. The summed E-state index contributed by atoms with van der Waals surface area (Å²) >= 11 is 0. The van der Waals surface area contributed by atoms with Gasteiger partial charge < -0.3 is 10.0 Å². The fourth-order valence-electron chi connectivity index (χ4n) is 2.85. The first kappa shape index (κ1) is 13.9. The zero-order valence-corrected chi connectivity index (χ0v) is 11.9. The largest absolute Gasteiger partial charge is 0.507 e. The molecule has 1 amide bonds. The minimum Gasteiger partial charge on any atom is -0.507 e. The summed E-state index contributed by atoms with van der Waals surface area (Å²) < 4.78 is 0. The highest BCUT2D eigenvalue weighted by molar-refractivity contribution is 5.97. The highest BCUT2D eigenvalue weighted by Crippen LogP contribution is 2.25. The number of aromatic hydroxyl groups is 1. The van der Waals surface area contributed by atoms with E-state index in [1.165, 1.54) is 12.8 Å². The standard InChI is InChI=1S/C16H23NO2/c1-3-13-7-5-4-6-10-17(13)16(19)14-11-12(2)8-9-15(14)18/h8-9,11,13,18H,3-7,10H2,1-2H3. The van der Waals surface area contributed by atoms with Crippen molar-refractivity contribution in [2.75, 3.05) is 6.54 Å². The molecule has 1 fully saturated rings. The van der Waals surface area contributed by atoms with Gasteiger partial charge in [-0.1, -0.05) is 31.4 Å². The Morgan fingerprint density at radius 1 is 1.37 bits per heavy atom. The number of phenols is 1. The summed E-state index contributed by atoms with van der Waals surface area (Å²) in [7, 11) is 0. The van der Waals surface area contributed by atoms with Crippen LogP contribution in [0.5, 0.6) is 5.75 Å². The van der Waals surface area contributed by atoms with Crippen LogP contribution in [0.2, 0.25) is 0 Å². The van der Waals surface area contributed by atoms with Gasteiger partial charge in [-0.25, -0.2) is 0 Å². The molecule has 1 N–H and O–H groups in total. The first-order valence-corrected chi connectivity index (χ1v) is 7.24. The van der Waals surface area contributed by atoms with Gasteiger partial charge in [-0.3, -0.25) is 4.79 Å². The molecule has 3 nitrogen and oxygen atoms in total. The van der Waals surface area contributed by atoms with Crippen LogP contribution in [-0.4, -0.2) is 28.5 Å². The number of aryl methyl sites for hydroxylation is 1. The molecule has 0 aromatic heterocycles. The number of carbonyl (C=O) groups excluding carboxylic acids is 1. The highest BCUT2D eigenvalue weighted by Gasteiger charge is 2.26. The molecule has 1 atom stereocenters. The van der Waals surface area contributed by atoms with Crippen molar-refractivity contribution in [2.45, 2.75) is 52.0 Å². The van der Waals surface area contributed by atoms with Gasteiger partial charge in [0.05, 0.1) is 5.56 Å². The van der Waals surface area contributed by atoms with Crippen LogP contribution in [0.4, 0.5) is 0 Å². The Morgan fingerprint density at radius 3 is 2.89 bits per heavy atom. The van der Waals surface area contributed by atoms with Crippen molar-refractivity contribution in [1.82, 2.24) is 4.90 Å². The van der Waals surface area contributed by atoms with Crippen LogP contribution >= 0.6 is 0 Å². The molecule has 1 aliphatic rings. The number of nitrogens with zero attached hydrogens (tertiary/aromatic N) is 1. The molecule has 1 saturated heterocycles. The van der Waals surface area contributed by atoms with Crippen LogP contribution in [0.15, 0.2) is 18.2 Å². The van der Waals surface area contributed by atoms with Crippen molar-refractivity contribution < 1.29 is 9.90 Å². The SMILES string of the molecule is CCC1CCCCCN1C(=O)c1cc(C)ccc1O. The Bertz CT molecular complexity index is 456. The second-order valence-electron chi connectivity index (χ2n) is 5.43. The Balaban J connectivity index is 2.27. The van der Waals surface area contributed by atoms with E-state index in [1.54, 1.807) is 12.1 Å². The Morgan fingerprint density at radius 2 is 2.16 bits per heavy atom. The van der Waals surface area contributed by atoms with Gasteiger partial charge in [0.2, 0.25) is 0 Å². The molecular weight excluding hydrogens is 238 g/mol. The number of benzene rings is 1. The number of phenolic OH excluding ortho intramolecular Hbond substituents is 1. The van der Waals surface area contributed by atoms with Gasteiger partial charge in [-0.2, -0.15) is 0 Å². The van der Waals surface area contributed by atoms with Crippen LogP contribution in [-0.2, 0) is 0 Å². The van der Waals surface area contributed by atoms with Crippen LogP contribution in [0, 0.1) is 6.92 Å². The van der Waals surface area contributed by atoms with Crippen molar-refractivity contribution in [3.63, 3.8) is 0 Å². The summed E-state index contributed by atoms with van der Waals surface area (Å²) in [4.78, 5) is 14.6. The second kappa shape index (κ2) is 6.09. The van der Waals surface area contributed by atoms with Gasteiger partial charge in [-0.15, -0.1) is 0 Å². The van der Waals surface area contributed by atoms with E-state index in [0.717, 1.165) is 31.4 Å². The average Bonchev–Trinajstić information content (AvgIpc) is 2.65. The third kappa shape index (κ3) is 3.09. The van der Waals surface area contributed by atoms with E-state index in [1.807, 2.05) is 17.9 Å². The lowest BCUT2D eigenvalue weighted by atomic mass is 10.0. The summed E-state index contributed by atoms with van der Waals surface area (Å²) in [6, 6.07) is 5.54. The van der Waals surface area contributed by atoms with E-state index in [4.69, 9.17) is 0 Å². The normalized spacial score (nSPS) is 20.1. The van der Waals surface area contributed by atoms with Crippen molar-refractivity contribution in [1.29, 1.82) is 0 Å². The predicted molar refractivity (Wildman–Crippen MR) is 76.4 cm³/mol. The third-order valence-electron chi connectivity index (χ3n) is 3.99. The fraction of sp³-hybridized carbons (Fsp3) is 0.562. The number of hydrogen-bond acceptors (Lipinski definition) is 2. The molecule has 1 heterocycles. The van der Waals surface area contributed by atoms with Crippen LogP contribution in [0.25, 0.3) is 0 Å². The molecule has 19 heavy (non-hydrogen) atoms. The van der Waals surface area contributed by atoms with Crippen molar-refractivity contribution in [3.05, 3.63) is 29.3 Å². The Labute approximate surface area is 115 Å². The minimum absolute atomic E-state index is 0.0186. The maximum Gasteiger partial charge on any atom is 0.257 e. The van der Waals surface area contributed by atoms with Gasteiger partial charge in [0.25, 0.3) is 5.91 Å². The summed E-state index contributed by atoms with van der Waals surface area (Å²) in [5, 5.41) is 9.92. The van der Waals surface area contributed by atoms with Crippen molar-refractivity contribution in [2.24, 2.45) is 0 Å². The first-order valence-electron chi connectivity index (χ1n) is 7.24. The first-order chi connectivity index (χ1) is 9.13. The van der Waals surface area contributed by atoms with Crippen molar-refractivity contribution in [3.8, 4) is 5.75 Å². The zero-order valence-electron chi connectivity index (χ0n) is 11.9. The topological polar surface area (TPSA) is 40.5 Å². The fourth-order valence-corrected chi connectivity index (χ4v) is 2.85. The molecule has 1 aromatic rings. The summed E-state index contributed by atoms with van der Waals surface area (Å²) in [6.45, 7) is 4.88. The molecule has 104 valence electrons. The smallest absolute Gasteiger partial charge is 0.257 e. The lowest BCUT2D eigenvalue weighted by Gasteiger charge is -2.29. The molecule has 0 aliphatic carbocycles. The maximum atomic E-state index is 12.7. The molecule has 0 saturated carbocycles. The molecule has 0 spiro atoms. The molecule has 1 unspecified atom stereocenters. The molecule has 2 rings (SSSR count). The van der Waals surface area contributed by atoms with E-state index >= 15 is 0 Å². The van der Waals surface area contributed by atoms with E-state index in [-0.39, 0.29) is 11.7 Å². The van der Waals surface area contributed by atoms with E-state index < -0.39 is 0 Å². The molecule has 0 bridgehead atoms. The molecule has 3 heteroatoms. The van der Waals surface area contributed by atoms with Gasteiger partial charge in [0.1, 0.15) is 5.75 Å². The number of rotatable bonds is 2. The van der Waals surface area contributed by atoms with Gasteiger partial charge in [0.15, 0.2) is 0 Å². The van der Waals surface area contributed by atoms with Gasteiger partial charge >= 0.3 is 0 Å².